The lowest BCUT2D eigenvalue weighted by atomic mass is 9.81. The van der Waals surface area contributed by atoms with Gasteiger partial charge in [0.05, 0.1) is 11.1 Å². The summed E-state index contributed by atoms with van der Waals surface area (Å²) in [6.45, 7) is 2.37. The summed E-state index contributed by atoms with van der Waals surface area (Å²) in [6.07, 6.45) is 0. The highest BCUT2D eigenvalue weighted by Gasteiger charge is 2.36. The van der Waals surface area contributed by atoms with Crippen molar-refractivity contribution in [2.45, 2.75) is 13.8 Å². The number of benzene rings is 3. The van der Waals surface area contributed by atoms with Gasteiger partial charge in [-0.05, 0) is 41.5 Å². The Labute approximate surface area is 194 Å². The molecule has 0 aliphatic heterocycles. The van der Waals surface area contributed by atoms with Gasteiger partial charge in [0.15, 0.2) is 5.78 Å². The van der Waals surface area contributed by atoms with Crippen molar-refractivity contribution in [3.63, 3.8) is 0 Å². The molecular formula is C26H19NO7. The van der Waals surface area contributed by atoms with Crippen LogP contribution in [0, 0.1) is 0 Å². The van der Waals surface area contributed by atoms with E-state index in [0.29, 0.717) is 16.7 Å². The molecule has 1 N–H and O–H groups in total. The second kappa shape index (κ2) is 8.74. The quantitative estimate of drug-likeness (QED) is 0.369. The largest absolute Gasteiger partial charge is 0.426 e. The molecule has 0 unspecified atom stereocenters. The Balaban J connectivity index is 1.90. The van der Waals surface area contributed by atoms with E-state index in [0.717, 1.165) is 0 Å². The number of carbonyl (C=O) groups is 5. The molecule has 8 heteroatoms. The lowest BCUT2D eigenvalue weighted by Gasteiger charge is -2.22. The van der Waals surface area contributed by atoms with Crippen molar-refractivity contribution in [1.82, 2.24) is 5.32 Å². The van der Waals surface area contributed by atoms with Gasteiger partial charge in [0.25, 0.3) is 5.91 Å². The molecule has 0 saturated carbocycles. The maximum Gasteiger partial charge on any atom is 0.308 e. The summed E-state index contributed by atoms with van der Waals surface area (Å²) in [7, 11) is 1.53. The van der Waals surface area contributed by atoms with Crippen LogP contribution in [0.2, 0.25) is 0 Å². The van der Waals surface area contributed by atoms with E-state index < -0.39 is 23.5 Å². The summed E-state index contributed by atoms with van der Waals surface area (Å²) < 4.78 is 10.5. The number of amides is 1. The lowest BCUT2D eigenvalue weighted by molar-refractivity contribution is -0.132. The van der Waals surface area contributed by atoms with Gasteiger partial charge < -0.3 is 14.8 Å². The number of hydrogen-bond donors (Lipinski definition) is 1. The van der Waals surface area contributed by atoms with E-state index in [1.807, 2.05) is 0 Å². The first-order valence-corrected chi connectivity index (χ1v) is 10.3. The van der Waals surface area contributed by atoms with Crippen molar-refractivity contribution in [3.8, 4) is 22.6 Å². The van der Waals surface area contributed by atoms with Gasteiger partial charge in [-0.2, -0.15) is 0 Å². The fourth-order valence-corrected chi connectivity index (χ4v) is 3.85. The second-order valence-electron chi connectivity index (χ2n) is 7.58. The molecule has 0 heterocycles. The highest BCUT2D eigenvalue weighted by molar-refractivity contribution is 6.30. The molecule has 8 nitrogen and oxygen atoms in total. The minimum atomic E-state index is -0.673. The van der Waals surface area contributed by atoms with E-state index in [-0.39, 0.29) is 39.7 Å². The molecule has 0 spiro atoms. The molecule has 0 fully saturated rings. The molecule has 0 atom stereocenters. The number of nitrogens with one attached hydrogen (secondary N) is 1. The number of esters is 2. The minimum Gasteiger partial charge on any atom is -0.426 e. The van der Waals surface area contributed by atoms with Crippen LogP contribution in [0.5, 0.6) is 11.5 Å². The Bertz CT molecular complexity index is 1390. The normalized spacial score (nSPS) is 11.9. The Hall–Kier alpha value is -4.59. The topological polar surface area (TPSA) is 116 Å². The summed E-state index contributed by atoms with van der Waals surface area (Å²) in [6, 6.07) is 14.0. The van der Waals surface area contributed by atoms with Gasteiger partial charge in [-0.3, -0.25) is 24.0 Å². The van der Waals surface area contributed by atoms with E-state index in [1.165, 1.54) is 45.2 Å². The Morgan fingerprint density at radius 1 is 0.706 bits per heavy atom. The molecule has 0 saturated heterocycles. The summed E-state index contributed by atoms with van der Waals surface area (Å²) in [5, 5.41) is 2.54. The number of ether oxygens (including phenoxy) is 2. The average Bonchev–Trinajstić information content (AvgIpc) is 2.80. The predicted molar refractivity (Wildman–Crippen MR) is 121 cm³/mol. The van der Waals surface area contributed by atoms with Crippen LogP contribution in [0.3, 0.4) is 0 Å². The number of ketones is 2. The van der Waals surface area contributed by atoms with Crippen molar-refractivity contribution in [1.29, 1.82) is 0 Å². The molecule has 0 aromatic heterocycles. The van der Waals surface area contributed by atoms with Crippen molar-refractivity contribution in [3.05, 3.63) is 82.4 Å². The third kappa shape index (κ3) is 3.97. The first-order valence-electron chi connectivity index (χ1n) is 10.3. The smallest absolute Gasteiger partial charge is 0.308 e. The van der Waals surface area contributed by atoms with Crippen molar-refractivity contribution in [2.24, 2.45) is 0 Å². The van der Waals surface area contributed by atoms with Crippen LogP contribution in [0.15, 0.2) is 54.6 Å². The van der Waals surface area contributed by atoms with Gasteiger partial charge in [0.2, 0.25) is 5.78 Å². The lowest BCUT2D eigenvalue weighted by Crippen LogP contribution is -2.24. The highest BCUT2D eigenvalue weighted by atomic mass is 16.5. The van der Waals surface area contributed by atoms with E-state index in [4.69, 9.17) is 9.47 Å². The second-order valence-corrected chi connectivity index (χ2v) is 7.58. The van der Waals surface area contributed by atoms with E-state index in [2.05, 4.69) is 5.32 Å². The van der Waals surface area contributed by atoms with Crippen molar-refractivity contribution < 1.29 is 33.4 Å². The zero-order valence-electron chi connectivity index (χ0n) is 18.6. The summed E-state index contributed by atoms with van der Waals surface area (Å²) in [5.41, 5.74) is 1.59. The number of hydrogen-bond acceptors (Lipinski definition) is 7. The maximum absolute atomic E-state index is 13.5. The third-order valence-electron chi connectivity index (χ3n) is 5.29. The van der Waals surface area contributed by atoms with Crippen molar-refractivity contribution >= 4 is 29.4 Å². The van der Waals surface area contributed by atoms with Crippen LogP contribution in [-0.2, 0) is 9.59 Å². The van der Waals surface area contributed by atoms with Crippen molar-refractivity contribution in [2.75, 3.05) is 7.05 Å². The van der Waals surface area contributed by atoms with Crippen LogP contribution in [0.4, 0.5) is 0 Å². The molecule has 170 valence electrons. The molecule has 3 aromatic carbocycles. The molecule has 0 radical (unpaired) electrons. The van der Waals surface area contributed by atoms with Crippen LogP contribution >= 0.6 is 0 Å². The molecule has 1 amide bonds. The SMILES string of the molecule is CNC(=O)c1ccc(-c2cc(OC(C)=O)c3c(c2)C(=O)c2cccc(OC(C)=O)c2C3=O)cc1. The Kier molecular flexibility index (Phi) is 5.81. The monoisotopic (exact) mass is 457 g/mol. The van der Waals surface area contributed by atoms with Gasteiger partial charge in [-0.1, -0.05) is 24.3 Å². The Morgan fingerprint density at radius 3 is 1.94 bits per heavy atom. The molecular weight excluding hydrogens is 438 g/mol. The van der Waals surface area contributed by atoms with Crippen LogP contribution in [0.25, 0.3) is 11.1 Å². The van der Waals surface area contributed by atoms with E-state index in [1.54, 1.807) is 30.3 Å². The van der Waals surface area contributed by atoms with E-state index >= 15 is 0 Å². The molecule has 34 heavy (non-hydrogen) atoms. The fraction of sp³-hybridized carbons (Fsp3) is 0.115. The summed E-state index contributed by atoms with van der Waals surface area (Å²) >= 11 is 0. The van der Waals surface area contributed by atoms with Gasteiger partial charge in [0, 0.05) is 37.6 Å². The zero-order chi connectivity index (χ0) is 24.6. The van der Waals surface area contributed by atoms with Gasteiger partial charge in [0.1, 0.15) is 11.5 Å². The summed E-state index contributed by atoms with van der Waals surface area (Å²) in [5.74, 6) is -2.77. The predicted octanol–water partition coefficient (Wildman–Crippen LogP) is 3.34. The fourth-order valence-electron chi connectivity index (χ4n) is 3.85. The van der Waals surface area contributed by atoms with Crippen LogP contribution in [-0.4, -0.2) is 36.5 Å². The molecule has 3 aromatic rings. The van der Waals surface area contributed by atoms with E-state index in [9.17, 15) is 24.0 Å². The maximum atomic E-state index is 13.5. The number of rotatable bonds is 4. The first kappa shape index (κ1) is 22.6. The zero-order valence-corrected chi connectivity index (χ0v) is 18.6. The standard InChI is InChI=1S/C26H19NO7/c1-13(28)33-20-6-4-5-18-22(20)25(31)23-19(24(18)30)11-17(12-21(23)34-14(2)29)15-7-9-16(10-8-15)26(32)27-3/h4-12H,1-3H3,(H,27,32). The molecule has 1 aliphatic rings. The highest BCUT2D eigenvalue weighted by Crippen LogP contribution is 2.40. The van der Waals surface area contributed by atoms with Gasteiger partial charge in [-0.25, -0.2) is 0 Å². The van der Waals surface area contributed by atoms with Gasteiger partial charge >= 0.3 is 11.9 Å². The van der Waals surface area contributed by atoms with Crippen LogP contribution < -0.4 is 14.8 Å². The number of fused-ring (bicyclic) bond motifs is 2. The minimum absolute atomic E-state index is 0.0448. The summed E-state index contributed by atoms with van der Waals surface area (Å²) in [4.78, 5) is 62.1. The molecule has 4 rings (SSSR count). The first-order chi connectivity index (χ1) is 16.2. The third-order valence-corrected chi connectivity index (χ3v) is 5.29. The Morgan fingerprint density at radius 2 is 1.32 bits per heavy atom. The number of carbonyl (C=O) groups excluding carboxylic acids is 5. The molecule has 0 bridgehead atoms. The van der Waals surface area contributed by atoms with Gasteiger partial charge in [-0.15, -0.1) is 0 Å². The molecule has 1 aliphatic carbocycles. The van der Waals surface area contributed by atoms with Crippen LogP contribution in [0.1, 0.15) is 56.0 Å². The average molecular weight is 457 g/mol.